The minimum Gasteiger partial charge on any atom is -0.378 e. The second-order valence-electron chi connectivity index (χ2n) is 6.99. The van der Waals surface area contributed by atoms with Gasteiger partial charge in [0.2, 0.25) is 5.91 Å². The van der Waals surface area contributed by atoms with Crippen LogP contribution >= 0.6 is 0 Å². The first-order valence-electron chi connectivity index (χ1n) is 9.59. The summed E-state index contributed by atoms with van der Waals surface area (Å²) in [6, 6.07) is 14.0. The number of carbonyl (C=O) groups excluding carboxylic acids is 1. The summed E-state index contributed by atoms with van der Waals surface area (Å²) in [4.78, 5) is 14.0. The molecule has 1 aliphatic rings. The standard InChI is InChI=1S/C21H25FN2O4S/c22-19-15-18(8-9-20(19)24-10-12-28-13-11-24)23-21(25)16-29(26,27)14-4-7-17-5-2-1-3-6-17/h1-3,5-6,8-9,15H,4,7,10-14,16H2,(H,23,25). The summed E-state index contributed by atoms with van der Waals surface area (Å²) in [5.41, 5.74) is 1.74. The lowest BCUT2D eigenvalue weighted by Gasteiger charge is -2.29. The Kier molecular flexibility index (Phi) is 7.22. The summed E-state index contributed by atoms with van der Waals surface area (Å²) in [5, 5.41) is 2.48. The number of benzene rings is 2. The Morgan fingerprint density at radius 2 is 1.83 bits per heavy atom. The third-order valence-electron chi connectivity index (χ3n) is 4.70. The van der Waals surface area contributed by atoms with E-state index in [1.807, 2.05) is 35.2 Å². The van der Waals surface area contributed by atoms with Crippen LogP contribution in [0.2, 0.25) is 0 Å². The summed E-state index contributed by atoms with van der Waals surface area (Å²) >= 11 is 0. The number of amides is 1. The molecule has 6 nitrogen and oxygen atoms in total. The van der Waals surface area contributed by atoms with E-state index in [0.717, 1.165) is 5.56 Å². The van der Waals surface area contributed by atoms with Gasteiger partial charge in [-0.15, -0.1) is 0 Å². The van der Waals surface area contributed by atoms with E-state index in [4.69, 9.17) is 4.74 Å². The molecule has 2 aromatic rings. The maximum absolute atomic E-state index is 14.4. The van der Waals surface area contributed by atoms with Crippen LogP contribution in [-0.2, 0) is 25.8 Å². The molecule has 0 spiro atoms. The van der Waals surface area contributed by atoms with Gasteiger partial charge in [-0.1, -0.05) is 30.3 Å². The topological polar surface area (TPSA) is 75.7 Å². The van der Waals surface area contributed by atoms with Crippen molar-refractivity contribution in [1.29, 1.82) is 0 Å². The van der Waals surface area contributed by atoms with Gasteiger partial charge in [-0.2, -0.15) is 0 Å². The molecule has 1 saturated heterocycles. The van der Waals surface area contributed by atoms with Gasteiger partial charge in [-0.05, 0) is 36.6 Å². The fourth-order valence-electron chi connectivity index (χ4n) is 3.26. The number of halogens is 1. The Morgan fingerprint density at radius 3 is 2.52 bits per heavy atom. The second-order valence-corrected chi connectivity index (χ2v) is 9.18. The van der Waals surface area contributed by atoms with Gasteiger partial charge in [0.15, 0.2) is 9.84 Å². The molecule has 1 fully saturated rings. The summed E-state index contributed by atoms with van der Waals surface area (Å²) in [7, 11) is -3.53. The Balaban J connectivity index is 1.50. The lowest BCUT2D eigenvalue weighted by atomic mass is 10.1. The first-order valence-corrected chi connectivity index (χ1v) is 11.4. The highest BCUT2D eigenvalue weighted by molar-refractivity contribution is 7.92. The largest absolute Gasteiger partial charge is 0.378 e. The molecule has 3 rings (SSSR count). The smallest absolute Gasteiger partial charge is 0.239 e. The van der Waals surface area contributed by atoms with Crippen LogP contribution in [0.4, 0.5) is 15.8 Å². The minimum atomic E-state index is -3.53. The number of hydrogen-bond donors (Lipinski definition) is 1. The monoisotopic (exact) mass is 420 g/mol. The Morgan fingerprint density at radius 1 is 1.10 bits per heavy atom. The maximum Gasteiger partial charge on any atom is 0.239 e. The van der Waals surface area contributed by atoms with Crippen LogP contribution in [0, 0.1) is 5.82 Å². The molecule has 8 heteroatoms. The quantitative estimate of drug-likeness (QED) is 0.711. The number of sulfone groups is 1. The van der Waals surface area contributed by atoms with Crippen LogP contribution in [0.25, 0.3) is 0 Å². The molecule has 1 N–H and O–H groups in total. The fourth-order valence-corrected chi connectivity index (χ4v) is 4.46. The predicted octanol–water partition coefficient (Wildman–Crippen LogP) is 2.65. The lowest BCUT2D eigenvalue weighted by molar-refractivity contribution is -0.113. The van der Waals surface area contributed by atoms with Gasteiger partial charge in [0.25, 0.3) is 0 Å². The van der Waals surface area contributed by atoms with Gasteiger partial charge in [-0.25, -0.2) is 12.8 Å². The first-order chi connectivity index (χ1) is 13.9. The van der Waals surface area contributed by atoms with E-state index in [0.29, 0.717) is 44.8 Å². The van der Waals surface area contributed by atoms with Gasteiger partial charge < -0.3 is 15.0 Å². The van der Waals surface area contributed by atoms with Crippen molar-refractivity contribution in [3.8, 4) is 0 Å². The molecule has 0 aromatic heterocycles. The highest BCUT2D eigenvalue weighted by Gasteiger charge is 2.19. The number of anilines is 2. The van der Waals surface area contributed by atoms with E-state index in [9.17, 15) is 17.6 Å². The summed E-state index contributed by atoms with van der Waals surface area (Å²) < 4.78 is 44.0. The molecule has 0 unspecified atom stereocenters. The van der Waals surface area contributed by atoms with Gasteiger partial charge in [0.1, 0.15) is 11.6 Å². The SMILES string of the molecule is O=C(CS(=O)(=O)CCCc1ccccc1)Nc1ccc(N2CCOCC2)c(F)c1. The van der Waals surface area contributed by atoms with E-state index in [2.05, 4.69) is 5.32 Å². The van der Waals surface area contributed by atoms with Crippen LogP contribution in [0.5, 0.6) is 0 Å². The number of aryl methyl sites for hydroxylation is 1. The fraction of sp³-hybridized carbons (Fsp3) is 0.381. The van der Waals surface area contributed by atoms with Crippen molar-refractivity contribution in [1.82, 2.24) is 0 Å². The zero-order valence-electron chi connectivity index (χ0n) is 16.1. The van der Waals surface area contributed by atoms with Crippen molar-refractivity contribution in [2.24, 2.45) is 0 Å². The van der Waals surface area contributed by atoms with Gasteiger partial charge >= 0.3 is 0 Å². The molecule has 0 aliphatic carbocycles. The van der Waals surface area contributed by atoms with Gasteiger partial charge in [-0.3, -0.25) is 4.79 Å². The van der Waals surface area contributed by atoms with Crippen molar-refractivity contribution in [3.63, 3.8) is 0 Å². The van der Waals surface area contributed by atoms with Crippen LogP contribution < -0.4 is 10.2 Å². The molecular weight excluding hydrogens is 395 g/mol. The predicted molar refractivity (Wildman–Crippen MR) is 111 cm³/mol. The molecule has 29 heavy (non-hydrogen) atoms. The number of nitrogens with one attached hydrogen (secondary N) is 1. The number of ether oxygens (including phenoxy) is 1. The van der Waals surface area contributed by atoms with Crippen molar-refractivity contribution in [2.45, 2.75) is 12.8 Å². The van der Waals surface area contributed by atoms with E-state index in [1.54, 1.807) is 12.1 Å². The number of carbonyl (C=O) groups is 1. The summed E-state index contributed by atoms with van der Waals surface area (Å²) in [6.07, 6.45) is 1.08. The summed E-state index contributed by atoms with van der Waals surface area (Å²) in [6.45, 7) is 2.29. The molecule has 1 aliphatic heterocycles. The first kappa shape index (κ1) is 21.3. The summed E-state index contributed by atoms with van der Waals surface area (Å²) in [5.74, 6) is -1.81. The molecule has 0 atom stereocenters. The average Bonchev–Trinajstić information content (AvgIpc) is 2.69. The Labute approximate surface area is 170 Å². The number of rotatable bonds is 8. The normalized spacial score (nSPS) is 14.6. The average molecular weight is 421 g/mol. The van der Waals surface area contributed by atoms with E-state index < -0.39 is 27.3 Å². The third kappa shape index (κ3) is 6.54. The molecule has 1 amide bonds. The van der Waals surface area contributed by atoms with Gasteiger partial charge in [0, 0.05) is 18.8 Å². The maximum atomic E-state index is 14.4. The minimum absolute atomic E-state index is 0.0698. The van der Waals surface area contributed by atoms with Gasteiger partial charge in [0.05, 0.1) is 24.7 Å². The Bertz CT molecular complexity index is 929. The molecular formula is C21H25FN2O4S. The van der Waals surface area contributed by atoms with E-state index >= 15 is 0 Å². The third-order valence-corrected chi connectivity index (χ3v) is 6.31. The number of hydrogen-bond acceptors (Lipinski definition) is 5. The molecule has 0 radical (unpaired) electrons. The molecule has 1 heterocycles. The highest BCUT2D eigenvalue weighted by Crippen LogP contribution is 2.23. The van der Waals surface area contributed by atoms with Crippen LogP contribution in [0.1, 0.15) is 12.0 Å². The number of morpholine rings is 1. The van der Waals surface area contributed by atoms with Crippen LogP contribution in [0.15, 0.2) is 48.5 Å². The van der Waals surface area contributed by atoms with E-state index in [-0.39, 0.29) is 11.4 Å². The van der Waals surface area contributed by atoms with Crippen LogP contribution in [0.3, 0.4) is 0 Å². The van der Waals surface area contributed by atoms with E-state index in [1.165, 1.54) is 6.07 Å². The van der Waals surface area contributed by atoms with Crippen molar-refractivity contribution >= 4 is 27.1 Å². The number of nitrogens with zero attached hydrogens (tertiary/aromatic N) is 1. The van der Waals surface area contributed by atoms with Crippen molar-refractivity contribution in [3.05, 3.63) is 59.9 Å². The zero-order chi connectivity index (χ0) is 20.7. The second kappa shape index (κ2) is 9.84. The molecule has 2 aromatic carbocycles. The van der Waals surface area contributed by atoms with Crippen LogP contribution in [-0.4, -0.2) is 52.1 Å². The van der Waals surface area contributed by atoms with Crippen molar-refractivity contribution < 1.29 is 22.3 Å². The zero-order valence-corrected chi connectivity index (χ0v) is 17.0. The highest BCUT2D eigenvalue weighted by atomic mass is 32.2. The van der Waals surface area contributed by atoms with Crippen molar-refractivity contribution in [2.75, 3.05) is 48.0 Å². The molecule has 156 valence electrons. The molecule has 0 saturated carbocycles. The lowest BCUT2D eigenvalue weighted by Crippen LogP contribution is -2.36. The molecule has 0 bridgehead atoms. The Hall–Kier alpha value is -2.45.